The van der Waals surface area contributed by atoms with Crippen molar-refractivity contribution in [1.82, 2.24) is 15.0 Å². The van der Waals surface area contributed by atoms with E-state index in [1.807, 2.05) is 12.1 Å². The smallest absolute Gasteiger partial charge is 0.178 e. The predicted molar refractivity (Wildman–Crippen MR) is 64.0 cm³/mol. The zero-order valence-electron chi connectivity index (χ0n) is 9.64. The molecule has 0 fully saturated rings. The van der Waals surface area contributed by atoms with Crippen molar-refractivity contribution in [2.45, 2.75) is 26.7 Å². The Labute approximate surface area is 95.6 Å². The van der Waals surface area contributed by atoms with Crippen LogP contribution in [-0.2, 0) is 12.8 Å². The van der Waals surface area contributed by atoms with E-state index in [1.165, 1.54) is 5.56 Å². The predicted octanol–water partition coefficient (Wildman–Crippen LogP) is 2.66. The van der Waals surface area contributed by atoms with Gasteiger partial charge in [-0.3, -0.25) is 0 Å². The molecular weight excluding hydrogens is 198 g/mol. The van der Waals surface area contributed by atoms with Crippen molar-refractivity contribution in [3.63, 3.8) is 0 Å². The Morgan fingerprint density at radius 3 is 2.38 bits per heavy atom. The number of hydrogen-bond acceptors (Lipinski definition) is 3. The van der Waals surface area contributed by atoms with Gasteiger partial charge in [0, 0.05) is 18.1 Å². The number of aromatic nitrogens is 3. The Bertz CT molecular complexity index is 466. The first kappa shape index (κ1) is 10.7. The number of nitrogens with zero attached hydrogens (tertiary/aromatic N) is 3. The lowest BCUT2D eigenvalue weighted by molar-refractivity contribution is 0.960. The second-order valence-corrected chi connectivity index (χ2v) is 3.58. The summed E-state index contributed by atoms with van der Waals surface area (Å²) >= 11 is 0. The zero-order valence-corrected chi connectivity index (χ0v) is 9.64. The van der Waals surface area contributed by atoms with Gasteiger partial charge in [0.15, 0.2) is 5.82 Å². The van der Waals surface area contributed by atoms with E-state index < -0.39 is 0 Å². The van der Waals surface area contributed by atoms with Crippen LogP contribution in [0.2, 0.25) is 0 Å². The highest BCUT2D eigenvalue weighted by Gasteiger charge is 2.05. The summed E-state index contributed by atoms with van der Waals surface area (Å²) in [7, 11) is 0. The lowest BCUT2D eigenvalue weighted by atomic mass is 10.1. The highest BCUT2D eigenvalue weighted by Crippen LogP contribution is 2.15. The van der Waals surface area contributed by atoms with Gasteiger partial charge >= 0.3 is 0 Å². The van der Waals surface area contributed by atoms with E-state index in [4.69, 9.17) is 0 Å². The fraction of sp³-hybridized carbons (Fsp3) is 0.308. The van der Waals surface area contributed by atoms with Crippen molar-refractivity contribution in [3.05, 3.63) is 41.9 Å². The fourth-order valence-electron chi connectivity index (χ4n) is 1.71. The van der Waals surface area contributed by atoms with Gasteiger partial charge in [0.1, 0.15) is 5.69 Å². The summed E-state index contributed by atoms with van der Waals surface area (Å²) in [4.78, 5) is 13.0. The van der Waals surface area contributed by atoms with Gasteiger partial charge in [-0.2, -0.15) is 0 Å². The molecule has 0 bridgehead atoms. The third-order valence-electron chi connectivity index (χ3n) is 2.58. The van der Waals surface area contributed by atoms with E-state index in [9.17, 15) is 0 Å². The third-order valence-corrected chi connectivity index (χ3v) is 2.58. The molecule has 0 aliphatic carbocycles. The fourth-order valence-corrected chi connectivity index (χ4v) is 1.71. The Kier molecular flexibility index (Phi) is 3.25. The molecule has 0 radical (unpaired) electrons. The minimum atomic E-state index is 0.694. The van der Waals surface area contributed by atoms with Gasteiger partial charge in [0.05, 0.1) is 0 Å². The summed E-state index contributed by atoms with van der Waals surface area (Å²) in [5.74, 6) is 0.694. The minimum Gasteiger partial charge on any atom is -0.249 e. The SMILES string of the molecule is CCc1ccc(-c2ncccn2)nc1CC. The monoisotopic (exact) mass is 213 g/mol. The number of hydrogen-bond donors (Lipinski definition) is 0. The van der Waals surface area contributed by atoms with Gasteiger partial charge < -0.3 is 0 Å². The standard InChI is InChI=1S/C13H15N3/c1-3-10-6-7-12(16-11(10)4-2)13-14-8-5-9-15-13/h5-9H,3-4H2,1-2H3. The minimum absolute atomic E-state index is 0.694. The summed E-state index contributed by atoms with van der Waals surface area (Å²) in [6, 6.07) is 5.93. The van der Waals surface area contributed by atoms with Crippen molar-refractivity contribution in [3.8, 4) is 11.5 Å². The lowest BCUT2D eigenvalue weighted by Gasteiger charge is -2.06. The van der Waals surface area contributed by atoms with Crippen LogP contribution in [0.25, 0.3) is 11.5 Å². The van der Waals surface area contributed by atoms with E-state index in [1.54, 1.807) is 12.4 Å². The molecule has 2 aromatic rings. The first-order chi connectivity index (χ1) is 7.85. The summed E-state index contributed by atoms with van der Waals surface area (Å²) in [6.07, 6.45) is 5.45. The molecule has 0 unspecified atom stereocenters. The molecule has 16 heavy (non-hydrogen) atoms. The molecule has 82 valence electrons. The molecule has 0 aromatic carbocycles. The van der Waals surface area contributed by atoms with Crippen LogP contribution in [0.1, 0.15) is 25.1 Å². The number of aryl methyl sites for hydroxylation is 2. The molecule has 0 aliphatic heterocycles. The Hall–Kier alpha value is -1.77. The molecule has 2 heterocycles. The quantitative estimate of drug-likeness (QED) is 0.786. The van der Waals surface area contributed by atoms with Crippen LogP contribution < -0.4 is 0 Å². The Balaban J connectivity index is 2.44. The highest BCUT2D eigenvalue weighted by molar-refractivity contribution is 5.49. The van der Waals surface area contributed by atoms with E-state index in [0.29, 0.717) is 5.82 Å². The van der Waals surface area contributed by atoms with Crippen LogP contribution in [0.15, 0.2) is 30.6 Å². The average molecular weight is 213 g/mol. The van der Waals surface area contributed by atoms with Crippen molar-refractivity contribution in [2.75, 3.05) is 0 Å². The average Bonchev–Trinajstić information content (AvgIpc) is 2.39. The van der Waals surface area contributed by atoms with Crippen LogP contribution >= 0.6 is 0 Å². The molecule has 3 heteroatoms. The van der Waals surface area contributed by atoms with Crippen molar-refractivity contribution >= 4 is 0 Å². The van der Waals surface area contributed by atoms with Crippen LogP contribution in [0.4, 0.5) is 0 Å². The normalized spacial score (nSPS) is 10.4. The topological polar surface area (TPSA) is 38.7 Å². The molecule has 0 N–H and O–H groups in total. The molecule has 2 rings (SSSR count). The van der Waals surface area contributed by atoms with Gasteiger partial charge in [0.2, 0.25) is 0 Å². The molecule has 2 aromatic heterocycles. The zero-order chi connectivity index (χ0) is 11.4. The molecule has 0 atom stereocenters. The molecule has 3 nitrogen and oxygen atoms in total. The Morgan fingerprint density at radius 1 is 1.00 bits per heavy atom. The summed E-state index contributed by atoms with van der Waals surface area (Å²) in [6.45, 7) is 4.27. The molecule has 0 saturated carbocycles. The third kappa shape index (κ3) is 2.08. The first-order valence-corrected chi connectivity index (χ1v) is 5.61. The Morgan fingerprint density at radius 2 is 1.75 bits per heavy atom. The van der Waals surface area contributed by atoms with E-state index in [-0.39, 0.29) is 0 Å². The molecule has 0 amide bonds. The van der Waals surface area contributed by atoms with Crippen LogP contribution in [0, 0.1) is 0 Å². The molecular formula is C13H15N3. The van der Waals surface area contributed by atoms with E-state index in [2.05, 4.69) is 34.9 Å². The maximum Gasteiger partial charge on any atom is 0.178 e. The lowest BCUT2D eigenvalue weighted by Crippen LogP contribution is -1.98. The second kappa shape index (κ2) is 4.84. The van der Waals surface area contributed by atoms with Crippen LogP contribution in [0.3, 0.4) is 0 Å². The van der Waals surface area contributed by atoms with Crippen LogP contribution in [-0.4, -0.2) is 15.0 Å². The number of pyridine rings is 1. The van der Waals surface area contributed by atoms with Gasteiger partial charge in [-0.25, -0.2) is 15.0 Å². The van der Waals surface area contributed by atoms with Crippen molar-refractivity contribution in [1.29, 1.82) is 0 Å². The van der Waals surface area contributed by atoms with Crippen LogP contribution in [0.5, 0.6) is 0 Å². The summed E-state index contributed by atoms with van der Waals surface area (Å²) < 4.78 is 0. The van der Waals surface area contributed by atoms with Gasteiger partial charge in [-0.1, -0.05) is 19.9 Å². The first-order valence-electron chi connectivity index (χ1n) is 5.61. The van der Waals surface area contributed by atoms with Crippen molar-refractivity contribution in [2.24, 2.45) is 0 Å². The van der Waals surface area contributed by atoms with E-state index >= 15 is 0 Å². The summed E-state index contributed by atoms with van der Waals surface area (Å²) in [5.41, 5.74) is 3.31. The molecule has 0 aliphatic rings. The van der Waals surface area contributed by atoms with Gasteiger partial charge in [0.25, 0.3) is 0 Å². The van der Waals surface area contributed by atoms with Crippen molar-refractivity contribution < 1.29 is 0 Å². The highest BCUT2D eigenvalue weighted by atomic mass is 14.9. The van der Waals surface area contributed by atoms with Gasteiger partial charge in [-0.05, 0) is 30.5 Å². The summed E-state index contributed by atoms with van der Waals surface area (Å²) in [5, 5.41) is 0. The maximum atomic E-state index is 4.61. The van der Waals surface area contributed by atoms with E-state index in [0.717, 1.165) is 24.2 Å². The largest absolute Gasteiger partial charge is 0.249 e. The molecule has 0 spiro atoms. The number of rotatable bonds is 3. The van der Waals surface area contributed by atoms with Gasteiger partial charge in [-0.15, -0.1) is 0 Å². The second-order valence-electron chi connectivity index (χ2n) is 3.58. The molecule has 0 saturated heterocycles. The maximum absolute atomic E-state index is 4.61.